The molecule has 3 atom stereocenters. The lowest BCUT2D eigenvalue weighted by molar-refractivity contribution is 0.127. The van der Waals surface area contributed by atoms with Crippen LogP contribution in [0.4, 0.5) is 0 Å². The van der Waals surface area contributed by atoms with Crippen molar-refractivity contribution in [1.82, 2.24) is 0 Å². The van der Waals surface area contributed by atoms with Crippen LogP contribution < -0.4 is 5.73 Å². The number of halogens is 2. The summed E-state index contributed by atoms with van der Waals surface area (Å²) in [6.07, 6.45) is 4.60. The van der Waals surface area contributed by atoms with Crippen LogP contribution in [0.1, 0.15) is 45.6 Å². The summed E-state index contributed by atoms with van der Waals surface area (Å²) in [5, 5.41) is 1.26. The van der Waals surface area contributed by atoms with Gasteiger partial charge in [-0.05, 0) is 60.6 Å². The van der Waals surface area contributed by atoms with E-state index in [1.165, 1.54) is 18.4 Å². The van der Waals surface area contributed by atoms with Crippen molar-refractivity contribution < 1.29 is 0 Å². The van der Waals surface area contributed by atoms with Crippen LogP contribution in [-0.4, -0.2) is 6.04 Å². The van der Waals surface area contributed by atoms with E-state index in [-0.39, 0.29) is 0 Å². The lowest BCUT2D eigenvalue weighted by Crippen LogP contribution is -2.40. The normalized spacial score (nSPS) is 27.6. The molecule has 1 aliphatic carbocycles. The Morgan fingerprint density at radius 2 is 1.85 bits per heavy atom. The fourth-order valence-electron chi connectivity index (χ4n) is 3.28. The number of nitrogens with two attached hydrogens (primary N) is 1. The standard InChI is InChI=1S/C17H25Cl2N/c1-17(2,3)13-5-7-16(20)12(10-13)8-11-4-6-14(18)15(19)9-11/h4,6,9,12-13,16H,5,7-8,10,20H2,1-3H3. The minimum absolute atomic E-state index is 0.308. The van der Waals surface area contributed by atoms with Crippen LogP contribution in [-0.2, 0) is 6.42 Å². The maximum absolute atomic E-state index is 6.34. The van der Waals surface area contributed by atoms with Crippen molar-refractivity contribution in [1.29, 1.82) is 0 Å². The number of benzene rings is 1. The first-order valence-corrected chi connectivity index (χ1v) is 8.22. The van der Waals surface area contributed by atoms with Crippen molar-refractivity contribution in [2.45, 2.75) is 52.5 Å². The summed E-state index contributed by atoms with van der Waals surface area (Å²) in [7, 11) is 0. The van der Waals surface area contributed by atoms with Gasteiger partial charge in [0.05, 0.1) is 10.0 Å². The van der Waals surface area contributed by atoms with E-state index in [4.69, 9.17) is 28.9 Å². The van der Waals surface area contributed by atoms with Crippen molar-refractivity contribution in [3.05, 3.63) is 33.8 Å². The second-order valence-electron chi connectivity index (χ2n) is 7.25. The van der Waals surface area contributed by atoms with Crippen molar-refractivity contribution in [2.75, 3.05) is 0 Å². The Kier molecular flexibility index (Phi) is 5.05. The molecule has 1 fully saturated rings. The van der Waals surface area contributed by atoms with Gasteiger partial charge in [0.15, 0.2) is 0 Å². The first-order chi connectivity index (χ1) is 9.27. The van der Waals surface area contributed by atoms with E-state index >= 15 is 0 Å². The molecule has 0 amide bonds. The summed E-state index contributed by atoms with van der Waals surface area (Å²) >= 11 is 12.1. The molecule has 0 radical (unpaired) electrons. The topological polar surface area (TPSA) is 26.0 Å². The third-order valence-corrected chi connectivity index (χ3v) is 5.49. The van der Waals surface area contributed by atoms with Gasteiger partial charge in [-0.3, -0.25) is 0 Å². The first kappa shape index (κ1) is 16.1. The molecule has 0 aliphatic heterocycles. The van der Waals surface area contributed by atoms with Crippen LogP contribution in [0.15, 0.2) is 18.2 Å². The summed E-state index contributed by atoms with van der Waals surface area (Å²) < 4.78 is 0. The van der Waals surface area contributed by atoms with E-state index in [2.05, 4.69) is 26.8 Å². The third kappa shape index (κ3) is 3.90. The van der Waals surface area contributed by atoms with Gasteiger partial charge in [-0.15, -0.1) is 0 Å². The Morgan fingerprint density at radius 3 is 2.45 bits per heavy atom. The van der Waals surface area contributed by atoms with Crippen molar-refractivity contribution >= 4 is 23.2 Å². The average molecular weight is 314 g/mol. The Labute approximate surface area is 132 Å². The van der Waals surface area contributed by atoms with E-state index < -0.39 is 0 Å². The fraction of sp³-hybridized carbons (Fsp3) is 0.647. The van der Waals surface area contributed by atoms with E-state index in [1.807, 2.05) is 12.1 Å². The first-order valence-electron chi connectivity index (χ1n) is 7.47. The van der Waals surface area contributed by atoms with Gasteiger partial charge in [-0.2, -0.15) is 0 Å². The quantitative estimate of drug-likeness (QED) is 0.785. The predicted octanol–water partition coefficient (Wildman–Crippen LogP) is 5.33. The molecule has 0 aromatic heterocycles. The summed E-state index contributed by atoms with van der Waals surface area (Å²) in [5.41, 5.74) is 7.96. The van der Waals surface area contributed by atoms with Gasteiger partial charge in [0, 0.05) is 6.04 Å². The lowest BCUT2D eigenvalue weighted by atomic mass is 9.66. The highest BCUT2D eigenvalue weighted by atomic mass is 35.5. The molecule has 1 nitrogen and oxygen atoms in total. The van der Waals surface area contributed by atoms with E-state index in [0.717, 1.165) is 18.8 Å². The second-order valence-corrected chi connectivity index (χ2v) is 8.07. The molecule has 3 unspecified atom stereocenters. The smallest absolute Gasteiger partial charge is 0.0595 e. The lowest BCUT2D eigenvalue weighted by Gasteiger charge is -2.40. The minimum atomic E-state index is 0.308. The molecule has 2 rings (SSSR count). The average Bonchev–Trinajstić information content (AvgIpc) is 2.35. The number of hydrogen-bond acceptors (Lipinski definition) is 1. The molecule has 0 bridgehead atoms. The van der Waals surface area contributed by atoms with Gasteiger partial charge in [-0.25, -0.2) is 0 Å². The predicted molar refractivity (Wildman–Crippen MR) is 88.4 cm³/mol. The Bertz CT molecular complexity index is 465. The zero-order valence-electron chi connectivity index (χ0n) is 12.6. The van der Waals surface area contributed by atoms with Gasteiger partial charge >= 0.3 is 0 Å². The maximum Gasteiger partial charge on any atom is 0.0595 e. The highest BCUT2D eigenvalue weighted by Gasteiger charge is 2.34. The van der Waals surface area contributed by atoms with E-state index in [9.17, 15) is 0 Å². The van der Waals surface area contributed by atoms with Crippen LogP contribution in [0.2, 0.25) is 10.0 Å². The Hall–Kier alpha value is -0.240. The summed E-state index contributed by atoms with van der Waals surface area (Å²) in [4.78, 5) is 0. The van der Waals surface area contributed by atoms with Crippen LogP contribution in [0, 0.1) is 17.3 Å². The molecule has 112 valence electrons. The monoisotopic (exact) mass is 313 g/mol. The minimum Gasteiger partial charge on any atom is -0.327 e. The van der Waals surface area contributed by atoms with Crippen LogP contribution in [0.25, 0.3) is 0 Å². The molecule has 0 heterocycles. The zero-order valence-corrected chi connectivity index (χ0v) is 14.1. The third-order valence-electron chi connectivity index (χ3n) is 4.75. The molecule has 1 aliphatic rings. The molecule has 1 aromatic rings. The zero-order chi connectivity index (χ0) is 14.9. The molecular weight excluding hydrogens is 289 g/mol. The second kappa shape index (κ2) is 6.25. The fourth-order valence-corrected chi connectivity index (χ4v) is 3.60. The summed E-state index contributed by atoms with van der Waals surface area (Å²) in [6, 6.07) is 6.25. The molecular formula is C17H25Cl2N. The van der Waals surface area contributed by atoms with E-state index in [1.54, 1.807) is 0 Å². The van der Waals surface area contributed by atoms with Gasteiger partial charge in [0.2, 0.25) is 0 Å². The number of rotatable bonds is 2. The highest BCUT2D eigenvalue weighted by Crippen LogP contribution is 2.41. The molecule has 1 aromatic carbocycles. The number of hydrogen-bond donors (Lipinski definition) is 1. The van der Waals surface area contributed by atoms with Gasteiger partial charge in [-0.1, -0.05) is 50.0 Å². The summed E-state index contributed by atoms with van der Waals surface area (Å²) in [5.74, 6) is 1.31. The molecule has 1 saturated carbocycles. The Morgan fingerprint density at radius 1 is 1.15 bits per heavy atom. The van der Waals surface area contributed by atoms with Gasteiger partial charge < -0.3 is 5.73 Å². The largest absolute Gasteiger partial charge is 0.327 e. The van der Waals surface area contributed by atoms with Crippen LogP contribution in [0.5, 0.6) is 0 Å². The molecule has 0 saturated heterocycles. The van der Waals surface area contributed by atoms with Crippen LogP contribution >= 0.6 is 23.2 Å². The van der Waals surface area contributed by atoms with E-state index in [0.29, 0.717) is 27.4 Å². The summed E-state index contributed by atoms with van der Waals surface area (Å²) in [6.45, 7) is 7.01. The molecule has 0 spiro atoms. The SMILES string of the molecule is CC(C)(C)C1CCC(N)C(Cc2ccc(Cl)c(Cl)c2)C1. The Balaban J connectivity index is 2.08. The van der Waals surface area contributed by atoms with Gasteiger partial charge in [0.1, 0.15) is 0 Å². The maximum atomic E-state index is 6.34. The van der Waals surface area contributed by atoms with Crippen LogP contribution in [0.3, 0.4) is 0 Å². The van der Waals surface area contributed by atoms with Gasteiger partial charge in [0.25, 0.3) is 0 Å². The highest BCUT2D eigenvalue weighted by molar-refractivity contribution is 6.42. The van der Waals surface area contributed by atoms with Crippen molar-refractivity contribution in [3.63, 3.8) is 0 Å². The van der Waals surface area contributed by atoms with Crippen molar-refractivity contribution in [2.24, 2.45) is 23.0 Å². The molecule has 2 N–H and O–H groups in total. The van der Waals surface area contributed by atoms with Crippen molar-refractivity contribution in [3.8, 4) is 0 Å². The molecule has 3 heteroatoms. The molecule has 20 heavy (non-hydrogen) atoms.